The molecule has 1 aliphatic heterocycles. The number of hydrogen-bond acceptors (Lipinski definition) is 4. The molecular weight excluding hydrogens is 216 g/mol. The number of rotatable bonds is 7. The summed E-state index contributed by atoms with van der Waals surface area (Å²) in [6.07, 6.45) is 3.81. The van der Waals surface area contributed by atoms with E-state index in [1.54, 1.807) is 0 Å². The topological polar surface area (TPSA) is 55.7 Å². The maximum Gasteiger partial charge on any atom is 0.0518 e. The van der Waals surface area contributed by atoms with Crippen LogP contribution in [0, 0.1) is 11.3 Å². The lowest BCUT2D eigenvalue weighted by Gasteiger charge is -2.29. The molecule has 0 atom stereocenters. The fourth-order valence-corrected chi connectivity index (χ4v) is 2.21. The van der Waals surface area contributed by atoms with Crippen molar-refractivity contribution >= 4 is 0 Å². The molecule has 0 saturated carbocycles. The van der Waals surface area contributed by atoms with E-state index in [0.29, 0.717) is 6.54 Å². The summed E-state index contributed by atoms with van der Waals surface area (Å²) in [4.78, 5) is 2.39. The number of nitrogens with zero attached hydrogens (tertiary/aromatic N) is 1. The Morgan fingerprint density at radius 1 is 1.24 bits per heavy atom. The SMILES string of the molecule is CN1CCC(CCNCC(C)(CO)CO)CC1. The first-order chi connectivity index (χ1) is 8.09. The second-order valence-corrected chi connectivity index (χ2v) is 5.84. The summed E-state index contributed by atoms with van der Waals surface area (Å²) in [6.45, 7) is 6.08. The van der Waals surface area contributed by atoms with Gasteiger partial charge >= 0.3 is 0 Å². The lowest BCUT2D eigenvalue weighted by atomic mass is 9.92. The smallest absolute Gasteiger partial charge is 0.0518 e. The van der Waals surface area contributed by atoms with Crippen LogP contribution in [-0.2, 0) is 0 Å². The lowest BCUT2D eigenvalue weighted by molar-refractivity contribution is 0.0693. The highest BCUT2D eigenvalue weighted by molar-refractivity contribution is 4.76. The van der Waals surface area contributed by atoms with Crippen molar-refractivity contribution in [3.8, 4) is 0 Å². The van der Waals surface area contributed by atoms with E-state index in [4.69, 9.17) is 10.2 Å². The highest BCUT2D eigenvalue weighted by atomic mass is 16.3. The van der Waals surface area contributed by atoms with Gasteiger partial charge in [0.25, 0.3) is 0 Å². The zero-order chi connectivity index (χ0) is 12.7. The van der Waals surface area contributed by atoms with Crippen molar-refractivity contribution < 1.29 is 10.2 Å². The van der Waals surface area contributed by atoms with E-state index in [1.807, 2.05) is 6.92 Å². The van der Waals surface area contributed by atoms with Gasteiger partial charge in [-0.1, -0.05) is 6.92 Å². The third-order valence-corrected chi connectivity index (χ3v) is 3.88. The van der Waals surface area contributed by atoms with Crippen LogP contribution in [0.15, 0.2) is 0 Å². The molecule has 1 saturated heterocycles. The molecular formula is C13H28N2O2. The van der Waals surface area contributed by atoms with Gasteiger partial charge in [0.05, 0.1) is 13.2 Å². The van der Waals surface area contributed by atoms with Crippen molar-refractivity contribution in [2.24, 2.45) is 11.3 Å². The average molecular weight is 244 g/mol. The minimum absolute atomic E-state index is 0.0325. The van der Waals surface area contributed by atoms with Crippen LogP contribution in [0.3, 0.4) is 0 Å². The normalized spacial score (nSPS) is 19.8. The maximum absolute atomic E-state index is 9.16. The fraction of sp³-hybridized carbons (Fsp3) is 1.00. The summed E-state index contributed by atoms with van der Waals surface area (Å²) in [6, 6.07) is 0. The minimum Gasteiger partial charge on any atom is -0.396 e. The first kappa shape index (κ1) is 14.9. The van der Waals surface area contributed by atoms with Gasteiger partial charge in [0.1, 0.15) is 0 Å². The van der Waals surface area contributed by atoms with Crippen LogP contribution in [0.2, 0.25) is 0 Å². The van der Waals surface area contributed by atoms with E-state index in [0.717, 1.165) is 12.5 Å². The van der Waals surface area contributed by atoms with Crippen LogP contribution in [0.5, 0.6) is 0 Å². The largest absolute Gasteiger partial charge is 0.396 e. The van der Waals surface area contributed by atoms with Crippen LogP contribution in [0.25, 0.3) is 0 Å². The van der Waals surface area contributed by atoms with E-state index in [-0.39, 0.29) is 18.6 Å². The molecule has 1 heterocycles. The molecule has 0 bridgehead atoms. The molecule has 102 valence electrons. The second kappa shape index (κ2) is 7.31. The zero-order valence-corrected chi connectivity index (χ0v) is 11.3. The summed E-state index contributed by atoms with van der Waals surface area (Å²) in [5.41, 5.74) is -0.382. The average Bonchev–Trinajstić information content (AvgIpc) is 2.36. The quantitative estimate of drug-likeness (QED) is 0.564. The van der Waals surface area contributed by atoms with Gasteiger partial charge in [-0.2, -0.15) is 0 Å². The molecule has 0 aromatic carbocycles. The monoisotopic (exact) mass is 244 g/mol. The Bertz CT molecular complexity index is 200. The highest BCUT2D eigenvalue weighted by Crippen LogP contribution is 2.19. The zero-order valence-electron chi connectivity index (χ0n) is 11.3. The molecule has 4 nitrogen and oxygen atoms in total. The Balaban J connectivity index is 2.08. The van der Waals surface area contributed by atoms with Crippen LogP contribution in [-0.4, -0.2) is 61.6 Å². The van der Waals surface area contributed by atoms with Gasteiger partial charge in [0, 0.05) is 12.0 Å². The van der Waals surface area contributed by atoms with Crippen molar-refractivity contribution in [2.45, 2.75) is 26.2 Å². The number of aliphatic hydroxyl groups excluding tert-OH is 2. The van der Waals surface area contributed by atoms with Crippen molar-refractivity contribution in [2.75, 3.05) is 46.4 Å². The van der Waals surface area contributed by atoms with Crippen molar-refractivity contribution in [3.63, 3.8) is 0 Å². The first-order valence-corrected chi connectivity index (χ1v) is 6.70. The van der Waals surface area contributed by atoms with Gasteiger partial charge in [0.2, 0.25) is 0 Å². The predicted molar refractivity (Wildman–Crippen MR) is 70.0 cm³/mol. The molecule has 1 rings (SSSR count). The van der Waals surface area contributed by atoms with E-state index in [2.05, 4.69) is 17.3 Å². The lowest BCUT2D eigenvalue weighted by Crippen LogP contribution is -2.39. The van der Waals surface area contributed by atoms with E-state index < -0.39 is 0 Å². The van der Waals surface area contributed by atoms with Crippen LogP contribution < -0.4 is 5.32 Å². The molecule has 0 aromatic rings. The van der Waals surface area contributed by atoms with E-state index in [9.17, 15) is 0 Å². The van der Waals surface area contributed by atoms with Gasteiger partial charge in [-0.05, 0) is 51.9 Å². The fourth-order valence-electron chi connectivity index (χ4n) is 2.21. The number of piperidine rings is 1. The molecule has 0 aromatic heterocycles. The molecule has 0 spiro atoms. The number of nitrogens with one attached hydrogen (secondary N) is 1. The van der Waals surface area contributed by atoms with Gasteiger partial charge in [-0.3, -0.25) is 0 Å². The molecule has 4 heteroatoms. The minimum atomic E-state index is -0.382. The van der Waals surface area contributed by atoms with E-state index >= 15 is 0 Å². The maximum atomic E-state index is 9.16. The Morgan fingerprint density at radius 2 is 1.82 bits per heavy atom. The molecule has 1 fully saturated rings. The predicted octanol–water partition coefficient (Wildman–Crippen LogP) is 0.299. The van der Waals surface area contributed by atoms with Gasteiger partial charge in [-0.15, -0.1) is 0 Å². The third kappa shape index (κ3) is 5.34. The van der Waals surface area contributed by atoms with Crippen LogP contribution >= 0.6 is 0 Å². The Morgan fingerprint density at radius 3 is 2.35 bits per heavy atom. The number of likely N-dealkylation sites (tertiary alicyclic amines) is 1. The molecule has 17 heavy (non-hydrogen) atoms. The second-order valence-electron chi connectivity index (χ2n) is 5.84. The number of aliphatic hydroxyl groups is 2. The molecule has 0 radical (unpaired) electrons. The summed E-state index contributed by atoms with van der Waals surface area (Å²) in [5, 5.41) is 21.7. The summed E-state index contributed by atoms with van der Waals surface area (Å²) >= 11 is 0. The van der Waals surface area contributed by atoms with Gasteiger partial charge in [-0.25, -0.2) is 0 Å². The van der Waals surface area contributed by atoms with Gasteiger partial charge in [0.15, 0.2) is 0 Å². The van der Waals surface area contributed by atoms with Crippen molar-refractivity contribution in [1.82, 2.24) is 10.2 Å². The molecule has 0 aliphatic carbocycles. The van der Waals surface area contributed by atoms with Gasteiger partial charge < -0.3 is 20.4 Å². The Hall–Kier alpha value is -0.160. The van der Waals surface area contributed by atoms with E-state index in [1.165, 1.54) is 32.4 Å². The first-order valence-electron chi connectivity index (χ1n) is 6.70. The summed E-state index contributed by atoms with van der Waals surface area (Å²) < 4.78 is 0. The standard InChI is InChI=1S/C13H28N2O2/c1-13(10-16,11-17)9-14-6-3-12-4-7-15(2)8-5-12/h12,14,16-17H,3-11H2,1-2H3. The summed E-state index contributed by atoms with van der Waals surface area (Å²) in [5.74, 6) is 0.841. The molecule has 1 aliphatic rings. The molecule has 0 amide bonds. The van der Waals surface area contributed by atoms with Crippen molar-refractivity contribution in [3.05, 3.63) is 0 Å². The summed E-state index contributed by atoms with van der Waals surface area (Å²) in [7, 11) is 2.18. The number of hydrogen-bond donors (Lipinski definition) is 3. The molecule has 0 unspecified atom stereocenters. The van der Waals surface area contributed by atoms with Crippen LogP contribution in [0.1, 0.15) is 26.2 Å². The Kier molecular flexibility index (Phi) is 6.41. The van der Waals surface area contributed by atoms with Crippen LogP contribution in [0.4, 0.5) is 0 Å². The Labute approximate surface area is 105 Å². The third-order valence-electron chi connectivity index (χ3n) is 3.88. The van der Waals surface area contributed by atoms with Crippen molar-refractivity contribution in [1.29, 1.82) is 0 Å². The highest BCUT2D eigenvalue weighted by Gasteiger charge is 2.22. The molecule has 3 N–H and O–H groups in total.